The Balaban J connectivity index is 1.89. The normalized spacial score (nSPS) is 13.8. The maximum Gasteiger partial charge on any atom is 0.260 e. The minimum atomic E-state index is -0.0521. The van der Waals surface area contributed by atoms with Gasteiger partial charge in [0.15, 0.2) is 0 Å². The summed E-state index contributed by atoms with van der Waals surface area (Å²) in [5.41, 5.74) is 2.57. The van der Waals surface area contributed by atoms with Crippen LogP contribution in [0.2, 0.25) is 0 Å². The highest BCUT2D eigenvalue weighted by atomic mass is 32.1. The second-order valence-electron chi connectivity index (χ2n) is 5.49. The Hall–Kier alpha value is -2.45. The summed E-state index contributed by atoms with van der Waals surface area (Å²) in [6.07, 6.45) is 4.38. The van der Waals surface area contributed by atoms with E-state index in [1.165, 1.54) is 16.9 Å². The first-order valence-electron chi connectivity index (χ1n) is 7.31. The van der Waals surface area contributed by atoms with Crippen molar-refractivity contribution in [3.63, 3.8) is 0 Å². The molecular formula is C17H13N3OS. The number of benzene rings is 1. The van der Waals surface area contributed by atoms with E-state index in [0.29, 0.717) is 11.4 Å². The van der Waals surface area contributed by atoms with Crippen LogP contribution in [0.15, 0.2) is 29.1 Å². The van der Waals surface area contributed by atoms with E-state index >= 15 is 0 Å². The third-order valence-electron chi connectivity index (χ3n) is 4.11. The Morgan fingerprint density at radius 3 is 2.73 bits per heavy atom. The zero-order chi connectivity index (χ0) is 15.1. The number of nitrogens with zero attached hydrogens (tertiary/aromatic N) is 2. The smallest absolute Gasteiger partial charge is 0.260 e. The van der Waals surface area contributed by atoms with Crippen LogP contribution < -0.4 is 5.56 Å². The van der Waals surface area contributed by atoms with Crippen molar-refractivity contribution < 1.29 is 0 Å². The fourth-order valence-electron chi connectivity index (χ4n) is 3.00. The molecule has 22 heavy (non-hydrogen) atoms. The molecule has 1 N–H and O–H groups in total. The first-order valence-corrected chi connectivity index (χ1v) is 8.13. The van der Waals surface area contributed by atoms with Gasteiger partial charge in [-0.05, 0) is 55.5 Å². The van der Waals surface area contributed by atoms with Crippen molar-refractivity contribution in [3.05, 3.63) is 50.6 Å². The molecule has 0 bridgehead atoms. The van der Waals surface area contributed by atoms with Crippen LogP contribution in [0.5, 0.6) is 0 Å². The molecule has 2 aromatic heterocycles. The minimum absolute atomic E-state index is 0.0521. The summed E-state index contributed by atoms with van der Waals surface area (Å²) < 4.78 is 0. The molecule has 2 heterocycles. The van der Waals surface area contributed by atoms with E-state index in [-0.39, 0.29) is 5.56 Å². The molecule has 4 rings (SSSR count). The van der Waals surface area contributed by atoms with Gasteiger partial charge in [0.2, 0.25) is 0 Å². The van der Waals surface area contributed by atoms with Crippen LogP contribution in [0.25, 0.3) is 21.6 Å². The number of nitrogens with one attached hydrogen (secondary N) is 1. The Kier molecular flexibility index (Phi) is 3.05. The quantitative estimate of drug-likeness (QED) is 0.749. The van der Waals surface area contributed by atoms with E-state index in [1.807, 2.05) is 12.1 Å². The Bertz CT molecular complexity index is 960. The zero-order valence-electron chi connectivity index (χ0n) is 11.8. The number of aromatic amines is 1. The van der Waals surface area contributed by atoms with Crippen molar-refractivity contribution >= 4 is 21.6 Å². The second-order valence-corrected chi connectivity index (χ2v) is 6.58. The van der Waals surface area contributed by atoms with Gasteiger partial charge < -0.3 is 4.98 Å². The summed E-state index contributed by atoms with van der Waals surface area (Å²) in [4.78, 5) is 22.2. The monoisotopic (exact) mass is 307 g/mol. The van der Waals surface area contributed by atoms with Gasteiger partial charge in [-0.1, -0.05) is 0 Å². The Morgan fingerprint density at radius 1 is 1.18 bits per heavy atom. The van der Waals surface area contributed by atoms with Gasteiger partial charge in [0, 0.05) is 10.4 Å². The van der Waals surface area contributed by atoms with E-state index in [1.54, 1.807) is 23.5 Å². The predicted molar refractivity (Wildman–Crippen MR) is 87.0 cm³/mol. The molecule has 0 radical (unpaired) electrons. The van der Waals surface area contributed by atoms with Crippen molar-refractivity contribution in [1.82, 2.24) is 9.97 Å². The standard InChI is InChI=1S/C17H13N3OS/c18-9-10-5-7-11(8-6-10)15-19-16(21)14-12-3-1-2-4-13(12)22-17(14)20-15/h5-8H,1-4H2,(H,19,20,21). The molecule has 1 aliphatic carbocycles. The van der Waals surface area contributed by atoms with E-state index in [2.05, 4.69) is 16.0 Å². The summed E-state index contributed by atoms with van der Waals surface area (Å²) in [6.45, 7) is 0. The number of H-pyrrole nitrogens is 1. The molecule has 108 valence electrons. The number of hydrogen-bond donors (Lipinski definition) is 1. The molecule has 4 nitrogen and oxygen atoms in total. The number of thiophene rings is 1. The van der Waals surface area contributed by atoms with E-state index in [4.69, 9.17) is 5.26 Å². The van der Waals surface area contributed by atoms with Crippen LogP contribution in [-0.4, -0.2) is 9.97 Å². The average molecular weight is 307 g/mol. The largest absolute Gasteiger partial charge is 0.306 e. The molecule has 0 aliphatic heterocycles. The number of fused-ring (bicyclic) bond motifs is 3. The number of rotatable bonds is 1. The van der Waals surface area contributed by atoms with Gasteiger partial charge >= 0.3 is 0 Å². The molecule has 0 atom stereocenters. The van der Waals surface area contributed by atoms with Gasteiger partial charge in [-0.25, -0.2) is 4.98 Å². The van der Waals surface area contributed by atoms with Gasteiger partial charge in [0.05, 0.1) is 17.0 Å². The summed E-state index contributed by atoms with van der Waals surface area (Å²) in [5, 5.41) is 9.63. The highest BCUT2D eigenvalue weighted by molar-refractivity contribution is 7.18. The number of nitriles is 1. The summed E-state index contributed by atoms with van der Waals surface area (Å²) in [7, 11) is 0. The van der Waals surface area contributed by atoms with Crippen LogP contribution in [0.4, 0.5) is 0 Å². The SMILES string of the molecule is N#Cc1ccc(-c2nc3sc4c(c3c(=O)[nH]2)CCCC4)cc1. The van der Waals surface area contributed by atoms with Crippen LogP contribution in [-0.2, 0) is 12.8 Å². The molecule has 0 saturated heterocycles. The zero-order valence-corrected chi connectivity index (χ0v) is 12.7. The summed E-state index contributed by atoms with van der Waals surface area (Å²) in [6, 6.07) is 9.19. The van der Waals surface area contributed by atoms with Crippen molar-refractivity contribution in [2.24, 2.45) is 0 Å². The molecule has 0 fully saturated rings. The predicted octanol–water partition coefficient (Wildman–Crippen LogP) is 3.40. The number of aromatic nitrogens is 2. The summed E-state index contributed by atoms with van der Waals surface area (Å²) in [5.74, 6) is 0.570. The van der Waals surface area contributed by atoms with Crippen LogP contribution in [0, 0.1) is 11.3 Å². The lowest BCUT2D eigenvalue weighted by molar-refractivity contribution is 0.700. The first-order chi connectivity index (χ1) is 10.8. The molecule has 1 aromatic carbocycles. The van der Waals surface area contributed by atoms with Crippen molar-refractivity contribution in [2.45, 2.75) is 25.7 Å². The Morgan fingerprint density at radius 2 is 1.95 bits per heavy atom. The van der Waals surface area contributed by atoms with Crippen molar-refractivity contribution in [1.29, 1.82) is 5.26 Å². The summed E-state index contributed by atoms with van der Waals surface area (Å²) >= 11 is 1.65. The van der Waals surface area contributed by atoms with E-state index < -0.39 is 0 Å². The molecule has 0 unspecified atom stereocenters. The minimum Gasteiger partial charge on any atom is -0.306 e. The van der Waals surface area contributed by atoms with E-state index in [0.717, 1.165) is 35.0 Å². The molecule has 5 heteroatoms. The molecule has 0 amide bonds. The van der Waals surface area contributed by atoms with Crippen LogP contribution >= 0.6 is 11.3 Å². The average Bonchev–Trinajstić information content (AvgIpc) is 2.93. The lowest BCUT2D eigenvalue weighted by Gasteiger charge is -2.09. The fraction of sp³-hybridized carbons (Fsp3) is 0.235. The van der Waals surface area contributed by atoms with Crippen LogP contribution in [0.3, 0.4) is 0 Å². The molecule has 0 spiro atoms. The van der Waals surface area contributed by atoms with Gasteiger partial charge in [-0.3, -0.25) is 4.79 Å². The maximum atomic E-state index is 12.5. The van der Waals surface area contributed by atoms with Gasteiger partial charge in [0.25, 0.3) is 5.56 Å². The highest BCUT2D eigenvalue weighted by Gasteiger charge is 2.19. The number of hydrogen-bond acceptors (Lipinski definition) is 4. The van der Waals surface area contributed by atoms with Crippen molar-refractivity contribution in [2.75, 3.05) is 0 Å². The molecule has 0 saturated carbocycles. The van der Waals surface area contributed by atoms with Gasteiger partial charge in [0.1, 0.15) is 10.7 Å². The lowest BCUT2D eigenvalue weighted by Crippen LogP contribution is -2.11. The second kappa shape index (κ2) is 5.08. The fourth-order valence-corrected chi connectivity index (χ4v) is 4.27. The third-order valence-corrected chi connectivity index (χ3v) is 5.30. The molecular weight excluding hydrogens is 294 g/mol. The molecule has 3 aromatic rings. The first kappa shape index (κ1) is 13.2. The van der Waals surface area contributed by atoms with Crippen molar-refractivity contribution in [3.8, 4) is 17.5 Å². The highest BCUT2D eigenvalue weighted by Crippen LogP contribution is 2.34. The number of aryl methyl sites for hydroxylation is 2. The maximum absolute atomic E-state index is 12.5. The molecule has 1 aliphatic rings. The van der Waals surface area contributed by atoms with Gasteiger partial charge in [-0.15, -0.1) is 11.3 Å². The lowest BCUT2D eigenvalue weighted by atomic mass is 9.97. The van der Waals surface area contributed by atoms with Crippen LogP contribution in [0.1, 0.15) is 28.8 Å². The van der Waals surface area contributed by atoms with E-state index in [9.17, 15) is 4.79 Å². The topological polar surface area (TPSA) is 69.5 Å². The third kappa shape index (κ3) is 2.04. The Labute approximate surface area is 131 Å². The van der Waals surface area contributed by atoms with Gasteiger partial charge in [-0.2, -0.15) is 5.26 Å².